The highest BCUT2D eigenvalue weighted by atomic mass is 16.5. The second-order valence-electron chi connectivity index (χ2n) is 4.71. The molecule has 5 nitrogen and oxygen atoms in total. The van der Waals surface area contributed by atoms with Gasteiger partial charge in [-0.3, -0.25) is 9.36 Å². The van der Waals surface area contributed by atoms with Crippen molar-refractivity contribution in [3.8, 4) is 0 Å². The van der Waals surface area contributed by atoms with Crippen LogP contribution in [0.1, 0.15) is 12.8 Å². The molecule has 2 rings (SSSR count). The smallest absolute Gasteiger partial charge is 0.261 e. The van der Waals surface area contributed by atoms with Crippen molar-refractivity contribution in [2.45, 2.75) is 19.4 Å². The molecule has 5 heteroatoms. The second-order valence-corrected chi connectivity index (χ2v) is 4.71. The van der Waals surface area contributed by atoms with Gasteiger partial charge in [-0.25, -0.2) is 4.98 Å². The minimum absolute atomic E-state index is 0.0370. The highest BCUT2D eigenvalue weighted by Gasteiger charge is 2.02. The third kappa shape index (κ3) is 3.88. The van der Waals surface area contributed by atoms with Crippen LogP contribution in [-0.2, 0) is 11.3 Å². The lowest BCUT2D eigenvalue weighted by Crippen LogP contribution is -2.24. The van der Waals surface area contributed by atoms with Gasteiger partial charge in [-0.05, 0) is 38.1 Å². The summed E-state index contributed by atoms with van der Waals surface area (Å²) in [7, 11) is 1.71. The van der Waals surface area contributed by atoms with Crippen LogP contribution in [0.25, 0.3) is 10.9 Å². The summed E-state index contributed by atoms with van der Waals surface area (Å²) in [6.45, 7) is 3.30. The molecule has 1 aromatic carbocycles. The van der Waals surface area contributed by atoms with Gasteiger partial charge in [0.25, 0.3) is 5.56 Å². The first-order valence-corrected chi connectivity index (χ1v) is 6.97. The van der Waals surface area contributed by atoms with Gasteiger partial charge in [-0.2, -0.15) is 0 Å². The number of rotatable bonds is 8. The Kier molecular flexibility index (Phi) is 5.70. The minimum atomic E-state index is 0.0370. The number of para-hydroxylation sites is 1. The third-order valence-corrected chi connectivity index (χ3v) is 3.19. The number of nitrogens with zero attached hydrogens (tertiary/aromatic N) is 2. The van der Waals surface area contributed by atoms with Crippen LogP contribution < -0.4 is 10.9 Å². The van der Waals surface area contributed by atoms with Gasteiger partial charge >= 0.3 is 0 Å². The molecule has 2 aromatic rings. The molecule has 0 saturated carbocycles. The minimum Gasteiger partial charge on any atom is -0.385 e. The van der Waals surface area contributed by atoms with E-state index in [1.165, 1.54) is 0 Å². The number of hydrogen-bond donors (Lipinski definition) is 1. The zero-order valence-electron chi connectivity index (χ0n) is 11.8. The first-order valence-electron chi connectivity index (χ1n) is 6.97. The van der Waals surface area contributed by atoms with Gasteiger partial charge in [-0.15, -0.1) is 0 Å². The summed E-state index contributed by atoms with van der Waals surface area (Å²) in [5.74, 6) is 0. The second kappa shape index (κ2) is 7.77. The van der Waals surface area contributed by atoms with E-state index in [1.54, 1.807) is 18.0 Å². The standard InChI is InChI=1S/C15H21N3O2/c1-20-11-5-9-16-8-4-10-18-12-17-14-7-3-2-6-13(14)15(18)19/h2-3,6-7,12,16H,4-5,8-11H2,1H3. The number of hydrogen-bond acceptors (Lipinski definition) is 4. The van der Waals surface area contributed by atoms with Crippen LogP contribution in [0.4, 0.5) is 0 Å². The molecule has 0 aliphatic heterocycles. The van der Waals surface area contributed by atoms with Gasteiger partial charge in [0.05, 0.1) is 17.2 Å². The van der Waals surface area contributed by atoms with Crippen LogP contribution in [0.15, 0.2) is 35.4 Å². The molecule has 1 N–H and O–H groups in total. The van der Waals surface area contributed by atoms with Crippen molar-refractivity contribution in [1.29, 1.82) is 0 Å². The molecule has 1 aromatic heterocycles. The van der Waals surface area contributed by atoms with Gasteiger partial charge < -0.3 is 10.1 Å². The summed E-state index contributed by atoms with van der Waals surface area (Å²) in [5.41, 5.74) is 0.793. The van der Waals surface area contributed by atoms with Gasteiger partial charge in [-0.1, -0.05) is 12.1 Å². The van der Waals surface area contributed by atoms with Crippen LogP contribution in [0.5, 0.6) is 0 Å². The first-order chi connectivity index (χ1) is 9.83. The summed E-state index contributed by atoms with van der Waals surface area (Å²) >= 11 is 0. The molecule has 1 heterocycles. The number of benzene rings is 1. The zero-order chi connectivity index (χ0) is 14.2. The number of ether oxygens (including phenoxy) is 1. The molecule has 0 radical (unpaired) electrons. The van der Waals surface area contributed by atoms with E-state index in [0.29, 0.717) is 11.9 Å². The van der Waals surface area contributed by atoms with Crippen molar-refractivity contribution in [3.63, 3.8) is 0 Å². The van der Waals surface area contributed by atoms with Crippen LogP contribution >= 0.6 is 0 Å². The summed E-state index contributed by atoms with van der Waals surface area (Å²) < 4.78 is 6.66. The Bertz CT molecular complexity index is 595. The summed E-state index contributed by atoms with van der Waals surface area (Å²) in [6, 6.07) is 7.44. The first kappa shape index (κ1) is 14.7. The molecule has 20 heavy (non-hydrogen) atoms. The van der Waals surface area contributed by atoms with Crippen LogP contribution in [0.3, 0.4) is 0 Å². The van der Waals surface area contributed by atoms with Crippen LogP contribution in [0, 0.1) is 0 Å². The highest BCUT2D eigenvalue weighted by Crippen LogP contribution is 2.04. The molecule has 0 bridgehead atoms. The monoisotopic (exact) mass is 275 g/mol. The maximum Gasteiger partial charge on any atom is 0.261 e. The van der Waals surface area contributed by atoms with Crippen LogP contribution in [0.2, 0.25) is 0 Å². The molecule has 0 atom stereocenters. The Morgan fingerprint density at radius 1 is 1.25 bits per heavy atom. The van der Waals surface area contributed by atoms with E-state index in [2.05, 4.69) is 10.3 Å². The molecule has 0 saturated heterocycles. The molecule has 0 aliphatic rings. The Morgan fingerprint density at radius 2 is 2.05 bits per heavy atom. The van der Waals surface area contributed by atoms with E-state index in [1.807, 2.05) is 24.3 Å². The van der Waals surface area contributed by atoms with Crippen molar-refractivity contribution < 1.29 is 4.74 Å². The Morgan fingerprint density at radius 3 is 2.90 bits per heavy atom. The molecular weight excluding hydrogens is 254 g/mol. The zero-order valence-corrected chi connectivity index (χ0v) is 11.8. The lowest BCUT2D eigenvalue weighted by atomic mass is 10.2. The number of aromatic nitrogens is 2. The van der Waals surface area contributed by atoms with Gasteiger partial charge in [0.1, 0.15) is 0 Å². The quantitative estimate of drug-likeness (QED) is 0.740. The maximum absolute atomic E-state index is 12.2. The van der Waals surface area contributed by atoms with E-state index >= 15 is 0 Å². The SMILES string of the molecule is COCCCNCCCn1cnc2ccccc2c1=O. The third-order valence-electron chi connectivity index (χ3n) is 3.19. The average Bonchev–Trinajstić information content (AvgIpc) is 2.49. The molecular formula is C15H21N3O2. The predicted molar refractivity (Wildman–Crippen MR) is 80.0 cm³/mol. The molecule has 0 spiro atoms. The van der Waals surface area contributed by atoms with E-state index in [9.17, 15) is 4.79 Å². The fourth-order valence-corrected chi connectivity index (χ4v) is 2.11. The lowest BCUT2D eigenvalue weighted by molar-refractivity contribution is 0.194. The Hall–Kier alpha value is -1.72. The summed E-state index contributed by atoms with van der Waals surface area (Å²) in [6.07, 6.45) is 3.55. The largest absolute Gasteiger partial charge is 0.385 e. The van der Waals surface area contributed by atoms with E-state index in [0.717, 1.165) is 38.1 Å². The fourth-order valence-electron chi connectivity index (χ4n) is 2.11. The van der Waals surface area contributed by atoms with Crippen LogP contribution in [-0.4, -0.2) is 36.4 Å². The lowest BCUT2D eigenvalue weighted by Gasteiger charge is -2.07. The van der Waals surface area contributed by atoms with Crippen molar-refractivity contribution in [2.24, 2.45) is 0 Å². The maximum atomic E-state index is 12.2. The van der Waals surface area contributed by atoms with Gasteiger partial charge in [0.2, 0.25) is 0 Å². The molecule has 0 amide bonds. The predicted octanol–water partition coefficient (Wildman–Crippen LogP) is 1.41. The molecule has 0 aliphatic carbocycles. The van der Waals surface area contributed by atoms with Crippen molar-refractivity contribution in [1.82, 2.24) is 14.9 Å². The van der Waals surface area contributed by atoms with Crippen molar-refractivity contribution >= 4 is 10.9 Å². The van der Waals surface area contributed by atoms with E-state index < -0.39 is 0 Å². The normalized spacial score (nSPS) is 11.1. The summed E-state index contributed by atoms with van der Waals surface area (Å²) in [4.78, 5) is 16.5. The fraction of sp³-hybridized carbons (Fsp3) is 0.467. The number of nitrogens with one attached hydrogen (secondary N) is 1. The molecule has 0 fully saturated rings. The molecule has 108 valence electrons. The average molecular weight is 275 g/mol. The molecule has 0 unspecified atom stereocenters. The topological polar surface area (TPSA) is 56.1 Å². The number of aryl methyl sites for hydroxylation is 1. The number of fused-ring (bicyclic) bond motifs is 1. The number of methoxy groups -OCH3 is 1. The Labute approximate surface area is 118 Å². The highest BCUT2D eigenvalue weighted by molar-refractivity contribution is 5.76. The van der Waals surface area contributed by atoms with E-state index in [-0.39, 0.29) is 5.56 Å². The van der Waals surface area contributed by atoms with E-state index in [4.69, 9.17) is 4.74 Å². The van der Waals surface area contributed by atoms with Gasteiger partial charge in [0.15, 0.2) is 0 Å². The van der Waals surface area contributed by atoms with Crippen molar-refractivity contribution in [3.05, 3.63) is 40.9 Å². The Balaban J connectivity index is 1.84. The summed E-state index contributed by atoms with van der Waals surface area (Å²) in [5, 5.41) is 4.01. The van der Waals surface area contributed by atoms with Gasteiger partial charge in [0, 0.05) is 20.3 Å². The van der Waals surface area contributed by atoms with Crippen molar-refractivity contribution in [2.75, 3.05) is 26.8 Å².